The number of aromatic nitrogens is 3. The summed E-state index contributed by atoms with van der Waals surface area (Å²) in [4.78, 5) is 4.63. The highest BCUT2D eigenvalue weighted by Crippen LogP contribution is 2.31. The zero-order chi connectivity index (χ0) is 22.3. The summed E-state index contributed by atoms with van der Waals surface area (Å²) in [6.45, 7) is 6.61. The summed E-state index contributed by atoms with van der Waals surface area (Å²) in [5, 5.41) is 15.1. The van der Waals surface area contributed by atoms with Crippen molar-refractivity contribution in [1.29, 1.82) is 0 Å². The first kappa shape index (κ1) is 26.4. The van der Waals surface area contributed by atoms with Crippen LogP contribution in [0.15, 0.2) is 29.3 Å². The van der Waals surface area contributed by atoms with Gasteiger partial charge in [0.15, 0.2) is 11.8 Å². The van der Waals surface area contributed by atoms with Crippen LogP contribution in [0.25, 0.3) is 0 Å². The third kappa shape index (κ3) is 7.35. The molecule has 1 aromatic heterocycles. The fraction of sp³-hybridized carbons (Fsp3) is 0.591. The molecule has 1 atom stereocenters. The molecule has 3 rings (SSSR count). The summed E-state index contributed by atoms with van der Waals surface area (Å²) in [7, 11) is 0. The Morgan fingerprint density at radius 2 is 2.00 bits per heavy atom. The summed E-state index contributed by atoms with van der Waals surface area (Å²) < 4.78 is 41.0. The summed E-state index contributed by atoms with van der Waals surface area (Å²) in [6.07, 6.45) is 0.816. The van der Waals surface area contributed by atoms with E-state index < -0.39 is 11.7 Å². The summed E-state index contributed by atoms with van der Waals surface area (Å²) in [5.74, 6) is 2.57. The lowest BCUT2D eigenvalue weighted by Gasteiger charge is -2.16. The van der Waals surface area contributed by atoms with E-state index in [4.69, 9.17) is 0 Å². The standard InChI is InChI=1S/C22H31F3N6.HI/c1-3-26-21(28-15-20-30-29-19-10-5-4-6-13-31(19)20)27-12-11-16(2)17-8-7-9-18(14-17)22(23,24)25;/h7-9,14,16H,3-6,10-13,15H2,1-2H3,(H2,26,27,28);1H. The number of hydrogen-bond acceptors (Lipinski definition) is 3. The molecular formula is C22H32F3IN6. The van der Waals surface area contributed by atoms with Crippen LogP contribution in [0.4, 0.5) is 13.2 Å². The number of aryl methyl sites for hydroxylation is 1. The maximum Gasteiger partial charge on any atom is 0.416 e. The Hall–Kier alpha value is -1.85. The maximum absolute atomic E-state index is 13.0. The number of hydrogen-bond donors (Lipinski definition) is 2. The van der Waals surface area contributed by atoms with Gasteiger partial charge in [-0.05, 0) is 43.7 Å². The highest BCUT2D eigenvalue weighted by molar-refractivity contribution is 14.0. The van der Waals surface area contributed by atoms with Gasteiger partial charge in [0.25, 0.3) is 0 Å². The summed E-state index contributed by atoms with van der Waals surface area (Å²) in [6, 6.07) is 5.56. The van der Waals surface area contributed by atoms with Crippen LogP contribution in [0.3, 0.4) is 0 Å². The van der Waals surface area contributed by atoms with Crippen molar-refractivity contribution in [3.8, 4) is 0 Å². The Morgan fingerprint density at radius 3 is 2.75 bits per heavy atom. The van der Waals surface area contributed by atoms with Gasteiger partial charge in [0, 0.05) is 26.1 Å². The Labute approximate surface area is 204 Å². The second-order valence-electron chi connectivity index (χ2n) is 7.93. The van der Waals surface area contributed by atoms with E-state index >= 15 is 0 Å². The molecule has 1 aromatic carbocycles. The van der Waals surface area contributed by atoms with Crippen LogP contribution in [0, 0.1) is 0 Å². The number of aliphatic imine (C=N–C) groups is 1. The molecule has 0 bridgehead atoms. The number of benzene rings is 1. The van der Waals surface area contributed by atoms with Crippen molar-refractivity contribution in [1.82, 2.24) is 25.4 Å². The van der Waals surface area contributed by atoms with E-state index in [0.717, 1.165) is 43.5 Å². The maximum atomic E-state index is 13.0. The van der Waals surface area contributed by atoms with Crippen molar-refractivity contribution in [3.63, 3.8) is 0 Å². The second-order valence-corrected chi connectivity index (χ2v) is 7.93. The van der Waals surface area contributed by atoms with E-state index in [0.29, 0.717) is 37.6 Å². The predicted octanol–water partition coefficient (Wildman–Crippen LogP) is 4.89. The average molecular weight is 564 g/mol. The molecule has 2 aromatic rings. The van der Waals surface area contributed by atoms with Crippen molar-refractivity contribution in [2.45, 2.75) is 71.1 Å². The van der Waals surface area contributed by atoms with E-state index in [1.807, 2.05) is 13.8 Å². The van der Waals surface area contributed by atoms with E-state index in [2.05, 4.69) is 30.4 Å². The Kier molecular flexibility index (Phi) is 10.2. The average Bonchev–Trinajstić information content (AvgIpc) is 2.97. The molecule has 0 spiro atoms. The number of rotatable bonds is 7. The zero-order valence-corrected chi connectivity index (χ0v) is 20.9. The van der Waals surface area contributed by atoms with Crippen molar-refractivity contribution >= 4 is 29.9 Å². The van der Waals surface area contributed by atoms with Crippen LogP contribution in [-0.4, -0.2) is 33.8 Å². The molecular weight excluding hydrogens is 532 g/mol. The molecule has 0 saturated heterocycles. The topological polar surface area (TPSA) is 67.1 Å². The quantitative estimate of drug-likeness (QED) is 0.286. The lowest BCUT2D eigenvalue weighted by atomic mass is 9.96. The molecule has 32 heavy (non-hydrogen) atoms. The van der Waals surface area contributed by atoms with Crippen molar-refractivity contribution in [3.05, 3.63) is 47.0 Å². The van der Waals surface area contributed by atoms with Gasteiger partial charge in [-0.25, -0.2) is 4.99 Å². The van der Waals surface area contributed by atoms with E-state index in [-0.39, 0.29) is 29.9 Å². The van der Waals surface area contributed by atoms with Crippen molar-refractivity contribution in [2.75, 3.05) is 13.1 Å². The van der Waals surface area contributed by atoms with Gasteiger partial charge in [-0.2, -0.15) is 13.2 Å². The number of nitrogens with zero attached hydrogens (tertiary/aromatic N) is 4. The minimum absolute atomic E-state index is 0. The van der Waals surface area contributed by atoms with Gasteiger partial charge in [-0.3, -0.25) is 0 Å². The highest BCUT2D eigenvalue weighted by Gasteiger charge is 2.30. The van der Waals surface area contributed by atoms with Gasteiger partial charge in [0.05, 0.1) is 5.56 Å². The fourth-order valence-electron chi connectivity index (χ4n) is 3.75. The molecule has 0 saturated carbocycles. The molecule has 2 N–H and O–H groups in total. The lowest BCUT2D eigenvalue weighted by molar-refractivity contribution is -0.137. The van der Waals surface area contributed by atoms with Crippen LogP contribution in [0.1, 0.15) is 68.2 Å². The lowest BCUT2D eigenvalue weighted by Crippen LogP contribution is -2.38. The normalized spacial score (nSPS) is 15.3. The molecule has 0 radical (unpaired) electrons. The Morgan fingerprint density at radius 1 is 1.19 bits per heavy atom. The first-order valence-electron chi connectivity index (χ1n) is 11.0. The number of nitrogens with one attached hydrogen (secondary N) is 2. The van der Waals surface area contributed by atoms with Gasteiger partial charge in [0.1, 0.15) is 12.4 Å². The summed E-state index contributed by atoms with van der Waals surface area (Å²) in [5.41, 5.74) is 0.0804. The molecule has 178 valence electrons. The predicted molar refractivity (Wildman–Crippen MR) is 130 cm³/mol. The number of alkyl halides is 3. The number of guanidine groups is 1. The zero-order valence-electron chi connectivity index (χ0n) is 18.6. The number of halogens is 4. The molecule has 10 heteroatoms. The van der Waals surface area contributed by atoms with E-state index in [1.54, 1.807) is 6.07 Å². The monoisotopic (exact) mass is 564 g/mol. The van der Waals surface area contributed by atoms with E-state index in [9.17, 15) is 13.2 Å². The van der Waals surface area contributed by atoms with Crippen LogP contribution in [0.5, 0.6) is 0 Å². The number of fused-ring (bicyclic) bond motifs is 1. The van der Waals surface area contributed by atoms with Crippen LogP contribution < -0.4 is 10.6 Å². The molecule has 1 unspecified atom stereocenters. The molecule has 1 aliphatic rings. The van der Waals surface area contributed by atoms with Crippen LogP contribution in [-0.2, 0) is 25.7 Å². The minimum Gasteiger partial charge on any atom is -0.357 e. The molecule has 0 aliphatic carbocycles. The largest absolute Gasteiger partial charge is 0.416 e. The first-order chi connectivity index (χ1) is 14.9. The van der Waals surface area contributed by atoms with Gasteiger partial charge in [-0.1, -0.05) is 31.5 Å². The Balaban J connectivity index is 0.00000363. The Bertz CT molecular complexity index is 881. The van der Waals surface area contributed by atoms with Gasteiger partial charge >= 0.3 is 6.18 Å². The van der Waals surface area contributed by atoms with E-state index in [1.165, 1.54) is 18.6 Å². The highest BCUT2D eigenvalue weighted by atomic mass is 127. The first-order valence-corrected chi connectivity index (χ1v) is 11.0. The van der Waals surface area contributed by atoms with Gasteiger partial charge in [-0.15, -0.1) is 34.2 Å². The third-order valence-corrected chi connectivity index (χ3v) is 5.56. The second kappa shape index (κ2) is 12.4. The SMILES string of the molecule is CCNC(=NCc1nnc2n1CCCCC2)NCCC(C)c1cccc(C(F)(F)F)c1.I. The smallest absolute Gasteiger partial charge is 0.357 e. The van der Waals surface area contributed by atoms with Crippen LogP contribution >= 0.6 is 24.0 Å². The van der Waals surface area contributed by atoms with Gasteiger partial charge < -0.3 is 15.2 Å². The third-order valence-electron chi connectivity index (χ3n) is 5.56. The molecule has 0 amide bonds. The summed E-state index contributed by atoms with van der Waals surface area (Å²) >= 11 is 0. The molecule has 1 aliphatic heterocycles. The molecule has 6 nitrogen and oxygen atoms in total. The minimum atomic E-state index is -4.32. The molecule has 2 heterocycles. The van der Waals surface area contributed by atoms with Crippen molar-refractivity contribution in [2.24, 2.45) is 4.99 Å². The van der Waals surface area contributed by atoms with Crippen molar-refractivity contribution < 1.29 is 13.2 Å². The van der Waals surface area contributed by atoms with Crippen LogP contribution in [0.2, 0.25) is 0 Å². The fourth-order valence-corrected chi connectivity index (χ4v) is 3.75. The van der Waals surface area contributed by atoms with Gasteiger partial charge in [0.2, 0.25) is 0 Å². The molecule has 0 fully saturated rings.